The Labute approximate surface area is 172 Å². The fraction of sp³-hybridized carbons (Fsp3) is 0.500. The van der Waals surface area contributed by atoms with E-state index in [1.165, 1.54) is 42.2 Å². The number of para-hydroxylation sites is 1. The number of nitrogens with zero attached hydrogens (tertiary/aromatic N) is 1. The van der Waals surface area contributed by atoms with Crippen LogP contribution >= 0.6 is 0 Å². The maximum atomic E-state index is 12.6. The van der Waals surface area contributed by atoms with Crippen LogP contribution in [0.4, 0.5) is 0 Å². The summed E-state index contributed by atoms with van der Waals surface area (Å²) in [6, 6.07) is 8.60. The molecule has 0 spiro atoms. The van der Waals surface area contributed by atoms with E-state index in [4.69, 9.17) is 0 Å². The van der Waals surface area contributed by atoms with Gasteiger partial charge in [0.2, 0.25) is 11.8 Å². The van der Waals surface area contributed by atoms with Crippen LogP contribution < -0.4 is 5.32 Å². The van der Waals surface area contributed by atoms with E-state index in [2.05, 4.69) is 40.8 Å². The number of amides is 2. The lowest BCUT2D eigenvalue weighted by molar-refractivity contribution is -0.133. The zero-order valence-electron chi connectivity index (χ0n) is 17.1. The highest BCUT2D eigenvalue weighted by atomic mass is 16.2. The van der Waals surface area contributed by atoms with Gasteiger partial charge in [-0.2, -0.15) is 0 Å². The summed E-state index contributed by atoms with van der Waals surface area (Å²) in [7, 11) is 0. The van der Waals surface area contributed by atoms with Crippen molar-refractivity contribution in [3.63, 3.8) is 0 Å². The number of aromatic nitrogens is 1. The molecule has 2 N–H and O–H groups in total. The van der Waals surface area contributed by atoms with Crippen molar-refractivity contribution in [3.8, 4) is 0 Å². The van der Waals surface area contributed by atoms with Gasteiger partial charge in [-0.25, -0.2) is 0 Å². The maximum absolute atomic E-state index is 12.6. The molecule has 5 heteroatoms. The monoisotopic (exact) mass is 393 g/mol. The van der Waals surface area contributed by atoms with E-state index in [1.807, 2.05) is 11.0 Å². The molecule has 1 aromatic carbocycles. The van der Waals surface area contributed by atoms with Crippen molar-refractivity contribution in [3.05, 3.63) is 42.1 Å². The van der Waals surface area contributed by atoms with Crippen LogP contribution in [0, 0.1) is 0 Å². The van der Waals surface area contributed by atoms with E-state index in [1.54, 1.807) is 0 Å². The number of carbonyl (C=O) groups is 2. The molecule has 2 aliphatic rings. The maximum Gasteiger partial charge on any atom is 0.223 e. The summed E-state index contributed by atoms with van der Waals surface area (Å²) >= 11 is 0. The lowest BCUT2D eigenvalue weighted by Gasteiger charge is -2.26. The van der Waals surface area contributed by atoms with Crippen molar-refractivity contribution >= 4 is 28.3 Å². The molecule has 4 rings (SSSR count). The van der Waals surface area contributed by atoms with Gasteiger partial charge in [-0.15, -0.1) is 0 Å². The molecular formula is C24H31N3O2. The Morgan fingerprint density at radius 1 is 1.07 bits per heavy atom. The minimum Gasteiger partial charge on any atom is -0.361 e. The molecule has 154 valence electrons. The minimum absolute atomic E-state index is 0.0253. The van der Waals surface area contributed by atoms with Crippen molar-refractivity contribution in [1.82, 2.24) is 15.2 Å². The van der Waals surface area contributed by atoms with E-state index in [0.717, 1.165) is 24.8 Å². The van der Waals surface area contributed by atoms with Crippen molar-refractivity contribution in [2.24, 2.45) is 0 Å². The summed E-state index contributed by atoms with van der Waals surface area (Å²) in [4.78, 5) is 30.0. The van der Waals surface area contributed by atoms with Crippen LogP contribution in [0.1, 0.15) is 63.4 Å². The Hall–Kier alpha value is -2.56. The van der Waals surface area contributed by atoms with Gasteiger partial charge in [0.1, 0.15) is 0 Å². The molecule has 1 aromatic heterocycles. The number of benzene rings is 1. The largest absolute Gasteiger partial charge is 0.361 e. The molecule has 0 bridgehead atoms. The molecule has 1 aliphatic heterocycles. The number of rotatable bonds is 5. The molecule has 5 nitrogen and oxygen atoms in total. The number of hydrogen-bond acceptors (Lipinski definition) is 2. The Kier molecular flexibility index (Phi) is 6.33. The quantitative estimate of drug-likeness (QED) is 0.740. The fourth-order valence-corrected chi connectivity index (χ4v) is 4.58. The third kappa shape index (κ3) is 4.89. The normalized spacial score (nSPS) is 18.3. The van der Waals surface area contributed by atoms with Crippen LogP contribution in [0.2, 0.25) is 0 Å². The van der Waals surface area contributed by atoms with Gasteiger partial charge in [-0.05, 0) is 30.9 Å². The molecule has 1 saturated carbocycles. The summed E-state index contributed by atoms with van der Waals surface area (Å²) in [5.74, 6) is 0.104. The summed E-state index contributed by atoms with van der Waals surface area (Å²) < 4.78 is 0. The topological polar surface area (TPSA) is 65.2 Å². The molecule has 2 aromatic rings. The van der Waals surface area contributed by atoms with Crippen molar-refractivity contribution < 1.29 is 9.59 Å². The smallest absolute Gasteiger partial charge is 0.223 e. The molecule has 2 heterocycles. The van der Waals surface area contributed by atoms with E-state index in [9.17, 15) is 9.59 Å². The van der Waals surface area contributed by atoms with E-state index < -0.39 is 0 Å². The second kappa shape index (κ2) is 9.29. The van der Waals surface area contributed by atoms with Gasteiger partial charge in [0.25, 0.3) is 0 Å². The highest BCUT2D eigenvalue weighted by molar-refractivity contribution is 5.93. The van der Waals surface area contributed by atoms with Crippen LogP contribution in [0.25, 0.3) is 16.5 Å². The Bertz CT molecular complexity index is 890. The highest BCUT2D eigenvalue weighted by Gasteiger charge is 2.21. The second-order valence-electron chi connectivity index (χ2n) is 8.32. The van der Waals surface area contributed by atoms with Crippen LogP contribution in [0.3, 0.4) is 0 Å². The molecule has 1 aliphatic carbocycles. The standard InChI is InChI=1S/C24H31N3O2/c28-23(26-19-7-3-1-2-4-8-19)11-12-24(29)27-15-13-18(14-16-27)21-17-25-22-10-6-5-9-20(21)22/h5-6,9-10,13,17,19,25H,1-4,7-8,11-12,14-16H2,(H,26,28). The summed E-state index contributed by atoms with van der Waals surface area (Å²) in [5, 5.41) is 4.36. The van der Waals surface area contributed by atoms with Gasteiger partial charge in [-0.1, -0.05) is 50.0 Å². The Morgan fingerprint density at radius 3 is 2.62 bits per heavy atom. The Balaban J connectivity index is 1.27. The fourth-order valence-electron chi connectivity index (χ4n) is 4.58. The second-order valence-corrected chi connectivity index (χ2v) is 8.32. The molecule has 1 fully saturated rings. The SMILES string of the molecule is O=C(CCC(=O)N1CC=C(c2c[nH]c3ccccc23)CC1)NC1CCCCCC1. The van der Waals surface area contributed by atoms with Gasteiger partial charge in [-0.3, -0.25) is 9.59 Å². The van der Waals surface area contributed by atoms with Crippen molar-refractivity contribution in [1.29, 1.82) is 0 Å². The first kappa shape index (κ1) is 19.7. The van der Waals surface area contributed by atoms with Gasteiger partial charge >= 0.3 is 0 Å². The predicted octanol–water partition coefficient (Wildman–Crippen LogP) is 4.40. The molecular weight excluding hydrogens is 362 g/mol. The van der Waals surface area contributed by atoms with Gasteiger partial charge < -0.3 is 15.2 Å². The summed E-state index contributed by atoms with van der Waals surface area (Å²) in [5.41, 5.74) is 3.66. The Morgan fingerprint density at radius 2 is 1.86 bits per heavy atom. The first-order chi connectivity index (χ1) is 14.2. The molecule has 29 heavy (non-hydrogen) atoms. The number of fused-ring (bicyclic) bond motifs is 1. The summed E-state index contributed by atoms with van der Waals surface area (Å²) in [6.45, 7) is 1.34. The minimum atomic E-state index is 0.0253. The van der Waals surface area contributed by atoms with Crippen LogP contribution in [0.15, 0.2) is 36.5 Å². The first-order valence-electron chi connectivity index (χ1n) is 11.0. The van der Waals surface area contributed by atoms with Crippen molar-refractivity contribution in [2.45, 2.75) is 63.8 Å². The van der Waals surface area contributed by atoms with E-state index in [0.29, 0.717) is 32.0 Å². The number of aromatic amines is 1. The van der Waals surface area contributed by atoms with E-state index in [-0.39, 0.29) is 11.8 Å². The lowest BCUT2D eigenvalue weighted by atomic mass is 9.98. The van der Waals surface area contributed by atoms with Crippen LogP contribution in [-0.4, -0.2) is 40.8 Å². The van der Waals surface area contributed by atoms with E-state index >= 15 is 0 Å². The van der Waals surface area contributed by atoms with Gasteiger partial charge in [0.15, 0.2) is 0 Å². The predicted molar refractivity (Wildman–Crippen MR) is 116 cm³/mol. The number of nitrogens with one attached hydrogen (secondary N) is 2. The van der Waals surface area contributed by atoms with Gasteiger partial charge in [0.05, 0.1) is 0 Å². The third-order valence-electron chi connectivity index (χ3n) is 6.28. The molecule has 2 amide bonds. The highest BCUT2D eigenvalue weighted by Crippen LogP contribution is 2.29. The number of carbonyl (C=O) groups excluding carboxylic acids is 2. The zero-order chi connectivity index (χ0) is 20.1. The average Bonchev–Trinajstić information content (AvgIpc) is 3.02. The molecule has 0 atom stereocenters. The average molecular weight is 394 g/mol. The van der Waals surface area contributed by atoms with Gasteiger partial charge in [0, 0.05) is 54.6 Å². The first-order valence-corrected chi connectivity index (χ1v) is 11.0. The molecule has 0 unspecified atom stereocenters. The number of H-pyrrole nitrogens is 1. The summed E-state index contributed by atoms with van der Waals surface area (Å²) in [6.07, 6.45) is 12.8. The molecule has 0 saturated heterocycles. The van der Waals surface area contributed by atoms with Crippen LogP contribution in [0.5, 0.6) is 0 Å². The van der Waals surface area contributed by atoms with Crippen LogP contribution in [-0.2, 0) is 9.59 Å². The third-order valence-corrected chi connectivity index (χ3v) is 6.28. The molecule has 0 radical (unpaired) electrons. The van der Waals surface area contributed by atoms with Crippen molar-refractivity contribution in [2.75, 3.05) is 13.1 Å². The number of hydrogen-bond donors (Lipinski definition) is 2. The zero-order valence-corrected chi connectivity index (χ0v) is 17.1. The lowest BCUT2D eigenvalue weighted by Crippen LogP contribution is -2.37.